The third-order valence-corrected chi connectivity index (χ3v) is 3.27. The lowest BCUT2D eigenvalue weighted by Gasteiger charge is -2.27. The fourth-order valence-corrected chi connectivity index (χ4v) is 2.29. The second-order valence-electron chi connectivity index (χ2n) is 4.32. The Kier molecular flexibility index (Phi) is 3.78. The number of nitrogens with zero attached hydrogens (tertiary/aromatic N) is 2. The third-order valence-electron chi connectivity index (χ3n) is 3.09. The van der Waals surface area contributed by atoms with Crippen LogP contribution in [0.3, 0.4) is 0 Å². The molecule has 1 amide bonds. The van der Waals surface area contributed by atoms with E-state index in [9.17, 15) is 4.79 Å². The maximum absolute atomic E-state index is 11.0. The first-order valence-electron chi connectivity index (χ1n) is 5.68. The summed E-state index contributed by atoms with van der Waals surface area (Å²) in [6.07, 6.45) is 6.65. The number of hydrogen-bond acceptors (Lipinski definition) is 4. The molecule has 0 bridgehead atoms. The predicted molar refractivity (Wildman–Crippen MR) is 65.6 cm³/mol. The average Bonchev–Trinajstić information content (AvgIpc) is 2.29. The first-order valence-corrected chi connectivity index (χ1v) is 6.06. The molecule has 0 atom stereocenters. The van der Waals surface area contributed by atoms with Crippen LogP contribution in [0.1, 0.15) is 25.7 Å². The van der Waals surface area contributed by atoms with E-state index in [-0.39, 0.29) is 11.8 Å². The van der Waals surface area contributed by atoms with Gasteiger partial charge in [0.15, 0.2) is 0 Å². The van der Waals surface area contributed by atoms with E-state index >= 15 is 0 Å². The zero-order valence-corrected chi connectivity index (χ0v) is 10.2. The Morgan fingerprint density at radius 3 is 2.65 bits per heavy atom. The van der Waals surface area contributed by atoms with Crippen LogP contribution in [0.15, 0.2) is 12.4 Å². The molecule has 1 saturated carbocycles. The highest BCUT2D eigenvalue weighted by molar-refractivity contribution is 6.29. The number of carbonyl (C=O) groups is 1. The monoisotopic (exact) mass is 254 g/mol. The molecule has 0 spiro atoms. The maximum atomic E-state index is 11.0. The fourth-order valence-electron chi connectivity index (χ4n) is 2.14. The van der Waals surface area contributed by atoms with Crippen LogP contribution in [0, 0.1) is 5.92 Å². The second-order valence-corrected chi connectivity index (χ2v) is 4.71. The van der Waals surface area contributed by atoms with Gasteiger partial charge in [-0.2, -0.15) is 0 Å². The molecule has 0 aromatic carbocycles. The second kappa shape index (κ2) is 5.31. The normalized spacial score (nSPS) is 24.3. The van der Waals surface area contributed by atoms with E-state index in [1.807, 2.05) is 0 Å². The number of hydrogen-bond donors (Lipinski definition) is 2. The SMILES string of the molecule is NC(=O)C1CCC(Nc2cncc(Cl)n2)CC1. The van der Waals surface area contributed by atoms with Crippen LogP contribution in [0.5, 0.6) is 0 Å². The highest BCUT2D eigenvalue weighted by Crippen LogP contribution is 2.25. The van der Waals surface area contributed by atoms with Gasteiger partial charge in [0.2, 0.25) is 5.91 Å². The number of nitrogens with one attached hydrogen (secondary N) is 1. The molecule has 2 rings (SSSR count). The van der Waals surface area contributed by atoms with Gasteiger partial charge in [0.05, 0.1) is 12.4 Å². The van der Waals surface area contributed by atoms with Gasteiger partial charge < -0.3 is 11.1 Å². The molecule has 1 aromatic rings. The highest BCUT2D eigenvalue weighted by atomic mass is 35.5. The van der Waals surface area contributed by atoms with E-state index in [0.29, 0.717) is 17.0 Å². The molecule has 6 heteroatoms. The molecular formula is C11H15ClN4O. The van der Waals surface area contributed by atoms with Crippen LogP contribution in [-0.4, -0.2) is 21.9 Å². The molecule has 17 heavy (non-hydrogen) atoms. The first kappa shape index (κ1) is 12.1. The van der Waals surface area contributed by atoms with Crippen LogP contribution < -0.4 is 11.1 Å². The maximum Gasteiger partial charge on any atom is 0.220 e. The summed E-state index contributed by atoms with van der Waals surface area (Å²) in [5.41, 5.74) is 5.29. The van der Waals surface area contributed by atoms with Crippen LogP contribution in [0.4, 0.5) is 5.82 Å². The lowest BCUT2D eigenvalue weighted by atomic mass is 9.85. The molecule has 1 fully saturated rings. The Labute approximate surface area is 105 Å². The lowest BCUT2D eigenvalue weighted by molar-refractivity contribution is -0.122. The number of rotatable bonds is 3. The Bertz CT molecular complexity index is 404. The number of amides is 1. The van der Waals surface area contributed by atoms with Gasteiger partial charge in [-0.25, -0.2) is 4.98 Å². The molecule has 1 aliphatic carbocycles. The average molecular weight is 255 g/mol. The van der Waals surface area contributed by atoms with Gasteiger partial charge in [-0.1, -0.05) is 11.6 Å². The van der Waals surface area contributed by atoms with E-state index < -0.39 is 0 Å². The first-order chi connectivity index (χ1) is 8.15. The highest BCUT2D eigenvalue weighted by Gasteiger charge is 2.24. The minimum absolute atomic E-state index is 0.0264. The Morgan fingerprint density at radius 2 is 2.06 bits per heavy atom. The molecule has 1 aromatic heterocycles. The number of anilines is 1. The lowest BCUT2D eigenvalue weighted by Crippen LogP contribution is -2.32. The van der Waals surface area contributed by atoms with Crippen molar-refractivity contribution in [1.82, 2.24) is 9.97 Å². The number of nitrogens with two attached hydrogens (primary N) is 1. The summed E-state index contributed by atoms with van der Waals surface area (Å²) in [7, 11) is 0. The molecule has 1 aliphatic rings. The number of halogens is 1. The van der Waals surface area contributed by atoms with Gasteiger partial charge in [-0.15, -0.1) is 0 Å². The van der Waals surface area contributed by atoms with Crippen LogP contribution in [0.2, 0.25) is 5.15 Å². The van der Waals surface area contributed by atoms with Gasteiger partial charge in [0, 0.05) is 12.0 Å². The molecule has 5 nitrogen and oxygen atoms in total. The Morgan fingerprint density at radius 1 is 1.35 bits per heavy atom. The van der Waals surface area contributed by atoms with Crippen molar-refractivity contribution < 1.29 is 4.79 Å². The van der Waals surface area contributed by atoms with Gasteiger partial charge in [-0.3, -0.25) is 9.78 Å². The number of primary amides is 1. The molecular weight excluding hydrogens is 240 g/mol. The van der Waals surface area contributed by atoms with Gasteiger partial charge >= 0.3 is 0 Å². The minimum Gasteiger partial charge on any atom is -0.369 e. The molecule has 1 heterocycles. The third kappa shape index (κ3) is 3.30. The summed E-state index contributed by atoms with van der Waals surface area (Å²) >= 11 is 5.75. The standard InChI is InChI=1S/C11H15ClN4O/c12-9-5-14-6-10(16-9)15-8-3-1-7(2-4-8)11(13)17/h5-8H,1-4H2,(H2,13,17)(H,15,16). The van der Waals surface area contributed by atoms with Crippen LogP contribution in [0.25, 0.3) is 0 Å². The van der Waals surface area contributed by atoms with E-state index in [1.165, 1.54) is 6.20 Å². The van der Waals surface area contributed by atoms with E-state index in [4.69, 9.17) is 17.3 Å². The zero-order chi connectivity index (χ0) is 12.3. The van der Waals surface area contributed by atoms with E-state index in [1.54, 1.807) is 6.20 Å². The van der Waals surface area contributed by atoms with Gasteiger partial charge in [0.1, 0.15) is 11.0 Å². The molecule has 92 valence electrons. The summed E-state index contributed by atoms with van der Waals surface area (Å²) in [6, 6.07) is 0.318. The van der Waals surface area contributed by atoms with Crippen molar-refractivity contribution in [1.29, 1.82) is 0 Å². The molecule has 0 saturated heterocycles. The summed E-state index contributed by atoms with van der Waals surface area (Å²) < 4.78 is 0. The molecule has 0 unspecified atom stereocenters. The van der Waals surface area contributed by atoms with E-state index in [0.717, 1.165) is 25.7 Å². The van der Waals surface area contributed by atoms with Crippen molar-refractivity contribution in [3.8, 4) is 0 Å². The topological polar surface area (TPSA) is 80.9 Å². The van der Waals surface area contributed by atoms with Crippen molar-refractivity contribution in [2.75, 3.05) is 5.32 Å². The molecule has 0 radical (unpaired) electrons. The van der Waals surface area contributed by atoms with Crippen molar-refractivity contribution in [2.45, 2.75) is 31.7 Å². The van der Waals surface area contributed by atoms with Crippen molar-refractivity contribution in [2.24, 2.45) is 11.7 Å². The van der Waals surface area contributed by atoms with Crippen LogP contribution in [-0.2, 0) is 4.79 Å². The molecule has 0 aliphatic heterocycles. The summed E-state index contributed by atoms with van der Waals surface area (Å²) in [5.74, 6) is 0.518. The summed E-state index contributed by atoms with van der Waals surface area (Å²) in [6.45, 7) is 0. The smallest absolute Gasteiger partial charge is 0.220 e. The number of carbonyl (C=O) groups excluding carboxylic acids is 1. The minimum atomic E-state index is -0.189. The van der Waals surface area contributed by atoms with E-state index in [2.05, 4.69) is 15.3 Å². The molecule has 3 N–H and O–H groups in total. The Balaban J connectivity index is 1.88. The van der Waals surface area contributed by atoms with Gasteiger partial charge in [-0.05, 0) is 25.7 Å². The summed E-state index contributed by atoms with van der Waals surface area (Å²) in [5, 5.41) is 3.65. The quantitative estimate of drug-likeness (QED) is 0.858. The zero-order valence-electron chi connectivity index (χ0n) is 9.40. The number of aromatic nitrogens is 2. The summed E-state index contributed by atoms with van der Waals surface area (Å²) in [4.78, 5) is 19.1. The largest absolute Gasteiger partial charge is 0.369 e. The van der Waals surface area contributed by atoms with Crippen LogP contribution >= 0.6 is 11.6 Å². The predicted octanol–water partition coefficient (Wildman–Crippen LogP) is 1.59. The van der Waals surface area contributed by atoms with Crippen molar-refractivity contribution in [3.63, 3.8) is 0 Å². The van der Waals surface area contributed by atoms with Crippen molar-refractivity contribution in [3.05, 3.63) is 17.5 Å². The fraction of sp³-hybridized carbons (Fsp3) is 0.545. The van der Waals surface area contributed by atoms with Crippen molar-refractivity contribution >= 4 is 23.3 Å². The Hall–Kier alpha value is -1.36. The van der Waals surface area contributed by atoms with Gasteiger partial charge in [0.25, 0.3) is 0 Å².